The maximum absolute atomic E-state index is 13.5. The van der Waals surface area contributed by atoms with Crippen LogP contribution in [0.1, 0.15) is 52.6 Å². The van der Waals surface area contributed by atoms with E-state index in [-0.39, 0.29) is 23.4 Å². The third-order valence-corrected chi connectivity index (χ3v) is 6.31. The van der Waals surface area contributed by atoms with E-state index in [1.54, 1.807) is 6.07 Å². The van der Waals surface area contributed by atoms with Crippen molar-refractivity contribution in [2.75, 3.05) is 12.4 Å². The van der Waals surface area contributed by atoms with E-state index < -0.39 is 0 Å². The molecule has 2 aliphatic rings. The monoisotopic (exact) mass is 416 g/mol. The number of aryl methyl sites for hydroxylation is 2. The number of nitrogens with zero attached hydrogens (tertiary/aromatic N) is 1. The summed E-state index contributed by atoms with van der Waals surface area (Å²) in [5.74, 6) is 1.01. The highest BCUT2D eigenvalue weighted by atomic mass is 16.5. The van der Waals surface area contributed by atoms with Gasteiger partial charge in [-0.15, -0.1) is 0 Å². The number of phenolic OH excluding ortho intramolecular Hbond substituents is 1. The van der Waals surface area contributed by atoms with Crippen LogP contribution in [0.15, 0.2) is 58.3 Å². The molecule has 1 aromatic heterocycles. The van der Waals surface area contributed by atoms with Crippen LogP contribution in [0.5, 0.6) is 11.5 Å². The number of rotatable bonds is 3. The Morgan fingerprint density at radius 1 is 1.13 bits per heavy atom. The summed E-state index contributed by atoms with van der Waals surface area (Å²) in [7, 11) is 1.52. The lowest BCUT2D eigenvalue weighted by Gasteiger charge is -2.34. The molecule has 0 saturated carbocycles. The molecule has 6 heteroatoms. The van der Waals surface area contributed by atoms with Crippen molar-refractivity contribution in [1.82, 2.24) is 5.16 Å². The van der Waals surface area contributed by atoms with Crippen molar-refractivity contribution in [1.29, 1.82) is 0 Å². The van der Waals surface area contributed by atoms with Gasteiger partial charge in [-0.2, -0.15) is 0 Å². The molecule has 2 N–H and O–H groups in total. The van der Waals surface area contributed by atoms with Crippen molar-refractivity contribution in [3.8, 4) is 11.5 Å². The molecule has 0 fully saturated rings. The van der Waals surface area contributed by atoms with E-state index in [1.165, 1.54) is 7.11 Å². The molecule has 2 aromatic carbocycles. The van der Waals surface area contributed by atoms with Gasteiger partial charge in [0, 0.05) is 23.6 Å². The lowest BCUT2D eigenvalue weighted by Crippen LogP contribution is -2.29. The molecule has 31 heavy (non-hydrogen) atoms. The zero-order valence-electron chi connectivity index (χ0n) is 17.7. The first-order valence-electron chi connectivity index (χ1n) is 10.4. The number of hydrogen-bond donors (Lipinski definition) is 2. The number of anilines is 1. The largest absolute Gasteiger partial charge is 0.504 e. The lowest BCUT2D eigenvalue weighted by atomic mass is 9.72. The summed E-state index contributed by atoms with van der Waals surface area (Å²) in [6.07, 6.45) is 1.06. The molecule has 6 nitrogen and oxygen atoms in total. The van der Waals surface area contributed by atoms with E-state index in [9.17, 15) is 9.90 Å². The second-order valence-electron chi connectivity index (χ2n) is 8.33. The van der Waals surface area contributed by atoms with Crippen LogP contribution in [0.4, 0.5) is 5.88 Å². The fraction of sp³-hybridized carbons (Fsp3) is 0.280. The quantitative estimate of drug-likeness (QED) is 0.628. The summed E-state index contributed by atoms with van der Waals surface area (Å²) in [4.78, 5) is 13.5. The van der Waals surface area contributed by atoms with Gasteiger partial charge in [-0.25, -0.2) is 0 Å². The van der Waals surface area contributed by atoms with E-state index in [0.29, 0.717) is 24.5 Å². The average molecular weight is 416 g/mol. The first-order valence-corrected chi connectivity index (χ1v) is 10.4. The molecular formula is C25H24N2O4. The van der Waals surface area contributed by atoms with Crippen LogP contribution in [0.3, 0.4) is 0 Å². The number of fused-ring (bicyclic) bond motifs is 1. The summed E-state index contributed by atoms with van der Waals surface area (Å²) in [6.45, 7) is 3.97. The van der Waals surface area contributed by atoms with Crippen LogP contribution in [0, 0.1) is 13.8 Å². The summed E-state index contributed by atoms with van der Waals surface area (Å²) in [5, 5.41) is 17.5. The number of hydrogen-bond acceptors (Lipinski definition) is 6. The predicted octanol–water partition coefficient (Wildman–Crippen LogP) is 4.96. The molecule has 0 spiro atoms. The highest BCUT2D eigenvalue weighted by molar-refractivity contribution is 6.01. The Morgan fingerprint density at radius 2 is 1.97 bits per heavy atom. The van der Waals surface area contributed by atoms with Gasteiger partial charge in [-0.05, 0) is 49.4 Å². The molecule has 3 aromatic rings. The summed E-state index contributed by atoms with van der Waals surface area (Å²) in [5.41, 5.74) is 6.57. The smallest absolute Gasteiger partial charge is 0.233 e. The minimum Gasteiger partial charge on any atom is -0.504 e. The fourth-order valence-corrected chi connectivity index (χ4v) is 4.84. The lowest BCUT2D eigenvalue weighted by molar-refractivity contribution is -0.116. The Morgan fingerprint density at radius 3 is 2.74 bits per heavy atom. The summed E-state index contributed by atoms with van der Waals surface area (Å²) in [6, 6.07) is 13.5. The Balaban J connectivity index is 1.60. The normalized spacial score (nSPS) is 20.2. The third-order valence-electron chi connectivity index (χ3n) is 6.31. The maximum Gasteiger partial charge on any atom is 0.233 e. The first-order chi connectivity index (χ1) is 15.0. The number of allylic oxidation sites excluding steroid dienone is 2. The van der Waals surface area contributed by atoms with Gasteiger partial charge in [0.05, 0.1) is 18.4 Å². The van der Waals surface area contributed by atoms with E-state index in [0.717, 1.165) is 39.2 Å². The number of methoxy groups -OCH3 is 1. The first kappa shape index (κ1) is 19.4. The molecule has 1 aliphatic heterocycles. The number of ether oxygens (including phenoxy) is 1. The van der Waals surface area contributed by atoms with Crippen molar-refractivity contribution < 1.29 is 19.2 Å². The number of carbonyl (C=O) groups is 1. The van der Waals surface area contributed by atoms with E-state index in [1.807, 2.05) is 25.1 Å². The number of nitrogens with one attached hydrogen (secondary N) is 1. The molecule has 0 unspecified atom stereocenters. The van der Waals surface area contributed by atoms with Crippen LogP contribution in [-0.4, -0.2) is 23.2 Å². The molecule has 0 amide bonds. The molecule has 5 rings (SSSR count). The minimum absolute atomic E-state index is 0.0167. The van der Waals surface area contributed by atoms with E-state index >= 15 is 0 Å². The van der Waals surface area contributed by atoms with Gasteiger partial charge in [-0.3, -0.25) is 4.79 Å². The number of benzene rings is 2. The minimum atomic E-state index is -0.194. The van der Waals surface area contributed by atoms with Crippen LogP contribution in [0.25, 0.3) is 0 Å². The molecule has 2 atom stereocenters. The molecule has 1 aliphatic carbocycles. The van der Waals surface area contributed by atoms with Crippen molar-refractivity contribution in [2.45, 2.75) is 38.5 Å². The fourth-order valence-electron chi connectivity index (χ4n) is 4.84. The number of carbonyl (C=O) groups excluding carboxylic acids is 1. The van der Waals surface area contributed by atoms with Crippen molar-refractivity contribution in [2.24, 2.45) is 0 Å². The van der Waals surface area contributed by atoms with Crippen molar-refractivity contribution in [3.63, 3.8) is 0 Å². The standard InChI is InChI=1S/C25H24N2O4/c1-13-5-4-6-16(9-13)23-22-14(2)27-31-25(22)26-18-10-17(11-20(29)24(18)23)15-7-8-19(28)21(12-15)30-3/h4-9,12,17,23,26,28H,10-11H2,1-3H3/t17-,23+/m1/s1. The zero-order valence-corrected chi connectivity index (χ0v) is 17.7. The molecule has 158 valence electrons. The highest BCUT2D eigenvalue weighted by Crippen LogP contribution is 2.49. The number of Topliss-reactive ketones (excluding diaryl/α,β-unsaturated/α-hetero) is 1. The zero-order chi connectivity index (χ0) is 21.7. The molecule has 0 radical (unpaired) electrons. The van der Waals surface area contributed by atoms with Gasteiger partial charge < -0.3 is 19.7 Å². The van der Waals surface area contributed by atoms with Crippen molar-refractivity contribution >= 4 is 11.7 Å². The average Bonchev–Trinajstić information content (AvgIpc) is 3.12. The molecular weight excluding hydrogens is 392 g/mol. The van der Waals surface area contributed by atoms with Gasteiger partial charge in [0.2, 0.25) is 5.88 Å². The van der Waals surface area contributed by atoms with Gasteiger partial charge in [0.25, 0.3) is 0 Å². The molecule has 0 bridgehead atoms. The van der Waals surface area contributed by atoms with Crippen LogP contribution in [-0.2, 0) is 4.79 Å². The van der Waals surface area contributed by atoms with Crippen LogP contribution >= 0.6 is 0 Å². The Bertz CT molecular complexity index is 1220. The van der Waals surface area contributed by atoms with Gasteiger partial charge >= 0.3 is 0 Å². The third kappa shape index (κ3) is 3.19. The number of phenols is 1. The summed E-state index contributed by atoms with van der Waals surface area (Å²) >= 11 is 0. The molecule has 2 heterocycles. The van der Waals surface area contributed by atoms with E-state index in [4.69, 9.17) is 9.26 Å². The van der Waals surface area contributed by atoms with Gasteiger partial charge in [-0.1, -0.05) is 41.1 Å². The highest BCUT2D eigenvalue weighted by Gasteiger charge is 2.41. The Kier molecular flexibility index (Phi) is 4.58. The second kappa shape index (κ2) is 7.30. The Hall–Kier alpha value is -3.54. The summed E-state index contributed by atoms with van der Waals surface area (Å²) < 4.78 is 10.8. The van der Waals surface area contributed by atoms with Crippen LogP contribution in [0.2, 0.25) is 0 Å². The predicted molar refractivity (Wildman–Crippen MR) is 117 cm³/mol. The number of aromatic nitrogens is 1. The van der Waals surface area contributed by atoms with Crippen molar-refractivity contribution in [3.05, 3.63) is 81.7 Å². The van der Waals surface area contributed by atoms with Gasteiger partial charge in [0.15, 0.2) is 17.3 Å². The Labute approximate surface area is 180 Å². The molecule has 0 saturated heterocycles. The SMILES string of the molecule is COc1cc([C@H]2CC(=O)C3=C(C2)Nc2onc(C)c2[C@@H]3c2cccc(C)c2)ccc1O. The topological polar surface area (TPSA) is 84.6 Å². The van der Waals surface area contributed by atoms with E-state index in [2.05, 4.69) is 35.6 Å². The van der Waals surface area contributed by atoms with Gasteiger partial charge in [0.1, 0.15) is 0 Å². The second-order valence-corrected chi connectivity index (χ2v) is 8.33. The number of ketones is 1. The maximum atomic E-state index is 13.5. The number of aromatic hydroxyl groups is 1. The van der Waals surface area contributed by atoms with Crippen LogP contribution < -0.4 is 10.1 Å².